The topological polar surface area (TPSA) is 76.2 Å². The molecule has 0 unspecified atom stereocenters. The van der Waals surface area contributed by atoms with Gasteiger partial charge in [-0.15, -0.1) is 0 Å². The molecule has 3 aromatic carbocycles. The summed E-state index contributed by atoms with van der Waals surface area (Å²) in [5.74, 6) is 0.237. The number of ether oxygens (including phenoxy) is 2. The van der Waals surface area contributed by atoms with Gasteiger partial charge in [-0.1, -0.05) is 41.4 Å². The molecule has 0 radical (unpaired) electrons. The van der Waals surface area contributed by atoms with Crippen LogP contribution in [0.15, 0.2) is 65.6 Å². The lowest BCUT2D eigenvalue weighted by Crippen LogP contribution is -2.41. The van der Waals surface area contributed by atoms with Gasteiger partial charge in [-0.05, 0) is 47.5 Å². The first-order valence-corrected chi connectivity index (χ1v) is 12.7. The summed E-state index contributed by atoms with van der Waals surface area (Å²) in [6.45, 7) is -0.416. The van der Waals surface area contributed by atoms with Gasteiger partial charge < -0.3 is 14.4 Å². The molecule has 0 bridgehead atoms. The van der Waals surface area contributed by atoms with Crippen LogP contribution in [-0.4, -0.2) is 54.1 Å². The van der Waals surface area contributed by atoms with Crippen molar-refractivity contribution in [3.05, 3.63) is 81.8 Å². The maximum atomic E-state index is 13.9. The van der Waals surface area contributed by atoms with E-state index < -0.39 is 22.5 Å². The van der Waals surface area contributed by atoms with Crippen molar-refractivity contribution in [2.45, 2.75) is 11.3 Å². The van der Waals surface area contributed by atoms with Crippen LogP contribution in [0.3, 0.4) is 0 Å². The van der Waals surface area contributed by atoms with Gasteiger partial charge in [0.2, 0.25) is 5.91 Å². The molecule has 35 heavy (non-hydrogen) atoms. The van der Waals surface area contributed by atoms with Crippen molar-refractivity contribution in [3.63, 3.8) is 0 Å². The van der Waals surface area contributed by atoms with E-state index in [-0.39, 0.29) is 10.6 Å². The highest BCUT2D eigenvalue weighted by atomic mass is 35.5. The average molecular weight is 537 g/mol. The Labute approximate surface area is 215 Å². The first-order valence-electron chi connectivity index (χ1n) is 10.5. The Hall–Kier alpha value is -2.94. The zero-order valence-electron chi connectivity index (χ0n) is 19.8. The molecule has 10 heteroatoms. The molecule has 0 saturated carbocycles. The molecular weight excluding hydrogens is 511 g/mol. The Morgan fingerprint density at radius 1 is 0.886 bits per heavy atom. The minimum Gasteiger partial charge on any atom is -0.493 e. The van der Waals surface area contributed by atoms with Gasteiger partial charge >= 0.3 is 0 Å². The fourth-order valence-electron chi connectivity index (χ4n) is 3.45. The van der Waals surface area contributed by atoms with Gasteiger partial charge in [0, 0.05) is 36.6 Å². The Morgan fingerprint density at radius 2 is 1.57 bits per heavy atom. The van der Waals surface area contributed by atoms with Crippen molar-refractivity contribution >= 4 is 44.8 Å². The fraction of sp³-hybridized carbons (Fsp3) is 0.240. The third-order valence-corrected chi connectivity index (χ3v) is 7.73. The highest BCUT2D eigenvalue weighted by molar-refractivity contribution is 7.92. The first kappa shape index (κ1) is 26.7. The van der Waals surface area contributed by atoms with Gasteiger partial charge in [0.1, 0.15) is 6.54 Å². The summed E-state index contributed by atoms with van der Waals surface area (Å²) < 4.78 is 39.4. The van der Waals surface area contributed by atoms with Crippen LogP contribution in [0.1, 0.15) is 11.1 Å². The van der Waals surface area contributed by atoms with E-state index in [4.69, 9.17) is 32.7 Å². The minimum absolute atomic E-state index is 0.0552. The molecule has 0 aliphatic carbocycles. The highest BCUT2D eigenvalue weighted by Crippen LogP contribution is 2.35. The van der Waals surface area contributed by atoms with Crippen LogP contribution in [0.2, 0.25) is 10.0 Å². The number of benzene rings is 3. The van der Waals surface area contributed by atoms with Crippen LogP contribution in [0, 0.1) is 0 Å². The van der Waals surface area contributed by atoms with Crippen molar-refractivity contribution in [2.24, 2.45) is 0 Å². The van der Waals surface area contributed by atoms with Gasteiger partial charge in [0.25, 0.3) is 10.0 Å². The van der Waals surface area contributed by atoms with Gasteiger partial charge in [-0.3, -0.25) is 9.10 Å². The lowest BCUT2D eigenvalue weighted by molar-refractivity contribution is -0.127. The van der Waals surface area contributed by atoms with Gasteiger partial charge in [0.15, 0.2) is 11.5 Å². The molecule has 0 fully saturated rings. The zero-order valence-corrected chi connectivity index (χ0v) is 22.1. The van der Waals surface area contributed by atoms with Gasteiger partial charge in [0.05, 0.1) is 24.8 Å². The van der Waals surface area contributed by atoms with Gasteiger partial charge in [-0.25, -0.2) is 8.42 Å². The Morgan fingerprint density at radius 3 is 2.20 bits per heavy atom. The quantitative estimate of drug-likeness (QED) is 0.389. The molecule has 0 aliphatic rings. The monoisotopic (exact) mass is 536 g/mol. The van der Waals surface area contributed by atoms with Crippen LogP contribution >= 0.6 is 23.2 Å². The normalized spacial score (nSPS) is 11.1. The number of rotatable bonds is 9. The summed E-state index contributed by atoms with van der Waals surface area (Å²) in [4.78, 5) is 14.0. The molecule has 0 aromatic heterocycles. The fourth-order valence-corrected chi connectivity index (χ4v) is 5.32. The van der Waals surface area contributed by atoms with Gasteiger partial charge in [-0.2, -0.15) is 0 Å². The molecule has 0 spiro atoms. The number of amides is 1. The second kappa shape index (κ2) is 11.2. The molecule has 0 N–H and O–H groups in total. The SMILES string of the molecule is COc1ccc(S(=O)(=O)N(CC(=O)N(C)C)c2ccc(Cl)cc2Cc2ccccc2Cl)cc1OC. The summed E-state index contributed by atoms with van der Waals surface area (Å²) in [6.07, 6.45) is 0.309. The summed E-state index contributed by atoms with van der Waals surface area (Å²) >= 11 is 12.6. The van der Waals surface area contributed by atoms with E-state index in [0.717, 1.165) is 9.87 Å². The number of sulfonamides is 1. The third kappa shape index (κ3) is 6.01. The largest absolute Gasteiger partial charge is 0.493 e. The molecule has 0 heterocycles. The lowest BCUT2D eigenvalue weighted by Gasteiger charge is -2.28. The Kier molecular flexibility index (Phi) is 8.53. The Bertz CT molecular complexity index is 1330. The first-order chi connectivity index (χ1) is 16.6. The summed E-state index contributed by atoms with van der Waals surface area (Å²) in [5.41, 5.74) is 1.71. The van der Waals surface area contributed by atoms with E-state index in [9.17, 15) is 13.2 Å². The maximum Gasteiger partial charge on any atom is 0.264 e. The van der Waals surface area contributed by atoms with Crippen molar-refractivity contribution in [2.75, 3.05) is 39.2 Å². The van der Waals surface area contributed by atoms with Crippen molar-refractivity contribution in [3.8, 4) is 11.5 Å². The number of halogens is 2. The molecule has 0 atom stereocenters. The molecule has 1 amide bonds. The molecule has 7 nitrogen and oxygen atoms in total. The molecule has 0 aliphatic heterocycles. The lowest BCUT2D eigenvalue weighted by atomic mass is 10.0. The second-order valence-electron chi connectivity index (χ2n) is 7.86. The molecular formula is C25H26Cl2N2O5S. The number of anilines is 1. The smallest absolute Gasteiger partial charge is 0.264 e. The van der Waals surface area contributed by atoms with E-state index in [0.29, 0.717) is 33.5 Å². The van der Waals surface area contributed by atoms with Crippen LogP contribution in [0.4, 0.5) is 5.69 Å². The second-order valence-corrected chi connectivity index (χ2v) is 10.6. The number of hydrogen-bond acceptors (Lipinski definition) is 5. The van der Waals surface area contributed by atoms with E-state index in [1.165, 1.54) is 37.3 Å². The number of hydrogen-bond donors (Lipinski definition) is 0. The van der Waals surface area contributed by atoms with E-state index in [1.807, 2.05) is 18.2 Å². The van der Waals surface area contributed by atoms with Crippen molar-refractivity contribution in [1.29, 1.82) is 0 Å². The molecule has 186 valence electrons. The van der Waals surface area contributed by atoms with Crippen molar-refractivity contribution in [1.82, 2.24) is 4.90 Å². The summed E-state index contributed by atoms with van der Waals surface area (Å²) in [6, 6.07) is 16.4. The zero-order chi connectivity index (χ0) is 25.8. The van der Waals surface area contributed by atoms with E-state index >= 15 is 0 Å². The number of likely N-dealkylation sites (N-methyl/N-ethyl adjacent to an activating group) is 1. The predicted octanol–water partition coefficient (Wildman–Crippen LogP) is 4.88. The third-order valence-electron chi connectivity index (χ3n) is 5.37. The number of carbonyl (C=O) groups excluding carboxylic acids is 1. The summed E-state index contributed by atoms with van der Waals surface area (Å²) in [5, 5.41) is 0.968. The maximum absolute atomic E-state index is 13.9. The van der Waals surface area contributed by atoms with Crippen molar-refractivity contribution < 1.29 is 22.7 Å². The molecule has 3 aromatic rings. The average Bonchev–Trinajstić information content (AvgIpc) is 2.83. The minimum atomic E-state index is -4.20. The van der Waals surface area contributed by atoms with Crippen LogP contribution in [0.25, 0.3) is 0 Å². The summed E-state index contributed by atoms with van der Waals surface area (Å²) in [7, 11) is 1.81. The van der Waals surface area contributed by atoms with Crippen LogP contribution in [-0.2, 0) is 21.2 Å². The number of nitrogens with zero attached hydrogens (tertiary/aromatic N) is 2. The molecule has 3 rings (SSSR count). The van der Waals surface area contributed by atoms with E-state index in [2.05, 4.69) is 0 Å². The Balaban J connectivity index is 2.18. The van der Waals surface area contributed by atoms with Crippen LogP contribution < -0.4 is 13.8 Å². The highest BCUT2D eigenvalue weighted by Gasteiger charge is 2.30. The number of methoxy groups -OCH3 is 2. The van der Waals surface area contributed by atoms with E-state index in [1.54, 1.807) is 38.4 Å². The molecule has 0 saturated heterocycles. The standard InChI is InChI=1S/C25H26Cl2N2O5S/c1-28(2)25(30)16-29(35(31,32)20-10-12-23(33-3)24(15-20)34-4)22-11-9-19(26)14-18(22)13-17-7-5-6-8-21(17)27/h5-12,14-15H,13,16H2,1-4H3. The number of carbonyl (C=O) groups is 1. The van der Waals surface area contributed by atoms with Crippen LogP contribution in [0.5, 0.6) is 11.5 Å². The predicted molar refractivity (Wildman–Crippen MR) is 138 cm³/mol.